The molecule has 2 heteroatoms. The van der Waals surface area contributed by atoms with E-state index in [1.165, 1.54) is 32.4 Å². The van der Waals surface area contributed by atoms with Crippen molar-refractivity contribution >= 4 is 0 Å². The number of hydrogen-bond donors (Lipinski definition) is 1. The van der Waals surface area contributed by atoms with Gasteiger partial charge >= 0.3 is 0 Å². The molecule has 2 nitrogen and oxygen atoms in total. The normalized spacial score (nSPS) is 32.6. The van der Waals surface area contributed by atoms with Crippen molar-refractivity contribution in [1.82, 2.24) is 10.2 Å². The van der Waals surface area contributed by atoms with E-state index in [1.807, 2.05) is 0 Å². The Morgan fingerprint density at radius 3 is 2.47 bits per heavy atom. The quantitative estimate of drug-likeness (QED) is 0.792. The molecule has 0 heterocycles. The van der Waals surface area contributed by atoms with Gasteiger partial charge in [-0.25, -0.2) is 0 Å². The van der Waals surface area contributed by atoms with Crippen molar-refractivity contribution in [3.8, 4) is 0 Å². The minimum atomic E-state index is 0.257. The van der Waals surface area contributed by atoms with Gasteiger partial charge in [0.15, 0.2) is 0 Å². The molecule has 0 radical (unpaired) electrons. The van der Waals surface area contributed by atoms with Crippen LogP contribution in [0.4, 0.5) is 0 Å². The lowest BCUT2D eigenvalue weighted by Crippen LogP contribution is -2.41. The van der Waals surface area contributed by atoms with Crippen molar-refractivity contribution in [1.29, 1.82) is 0 Å². The van der Waals surface area contributed by atoms with Gasteiger partial charge in [-0.05, 0) is 64.8 Å². The van der Waals surface area contributed by atoms with Crippen LogP contribution in [0, 0.1) is 17.8 Å². The molecule has 0 aromatic carbocycles. The van der Waals surface area contributed by atoms with E-state index >= 15 is 0 Å². The van der Waals surface area contributed by atoms with Gasteiger partial charge in [-0.2, -0.15) is 0 Å². The number of nitrogens with zero attached hydrogens (tertiary/aromatic N) is 1. The molecule has 3 unspecified atom stereocenters. The van der Waals surface area contributed by atoms with Crippen LogP contribution in [-0.4, -0.2) is 37.1 Å². The molecule has 0 aliphatic heterocycles. The summed E-state index contributed by atoms with van der Waals surface area (Å²) >= 11 is 0. The van der Waals surface area contributed by atoms with E-state index in [2.05, 4.69) is 38.0 Å². The second kappa shape index (κ2) is 5.27. The third kappa shape index (κ3) is 3.96. The third-order valence-electron chi connectivity index (χ3n) is 4.58. The van der Waals surface area contributed by atoms with Crippen molar-refractivity contribution in [3.63, 3.8) is 0 Å². The second-order valence-electron chi connectivity index (χ2n) is 7.37. The van der Waals surface area contributed by atoms with E-state index in [-0.39, 0.29) is 5.54 Å². The first-order valence-corrected chi connectivity index (χ1v) is 7.37. The molecule has 0 spiro atoms. The standard InChI is InChI=1S/C15H30N2/c1-15(2,3)16-7-8-17(4)11-14-10-12-5-6-13(14)9-12/h12-14,16H,5-11H2,1-4H3. The first-order valence-electron chi connectivity index (χ1n) is 7.37. The van der Waals surface area contributed by atoms with Crippen molar-refractivity contribution in [3.05, 3.63) is 0 Å². The summed E-state index contributed by atoms with van der Waals surface area (Å²) in [6.45, 7) is 10.3. The van der Waals surface area contributed by atoms with Crippen LogP contribution in [0.5, 0.6) is 0 Å². The van der Waals surface area contributed by atoms with E-state index in [0.29, 0.717) is 0 Å². The van der Waals surface area contributed by atoms with Crippen molar-refractivity contribution in [2.24, 2.45) is 17.8 Å². The largest absolute Gasteiger partial charge is 0.311 e. The minimum Gasteiger partial charge on any atom is -0.311 e. The highest BCUT2D eigenvalue weighted by Crippen LogP contribution is 2.48. The minimum absolute atomic E-state index is 0.257. The fourth-order valence-corrected chi connectivity index (χ4v) is 3.71. The van der Waals surface area contributed by atoms with Gasteiger partial charge in [-0.3, -0.25) is 0 Å². The number of hydrogen-bond acceptors (Lipinski definition) is 2. The Kier molecular flexibility index (Phi) is 4.14. The van der Waals surface area contributed by atoms with Crippen molar-refractivity contribution < 1.29 is 0 Å². The summed E-state index contributed by atoms with van der Waals surface area (Å²) in [5.74, 6) is 3.16. The van der Waals surface area contributed by atoms with Crippen LogP contribution in [0.2, 0.25) is 0 Å². The molecule has 2 rings (SSSR count). The molecule has 2 saturated carbocycles. The highest BCUT2D eigenvalue weighted by molar-refractivity contribution is 4.91. The first-order chi connectivity index (χ1) is 7.94. The van der Waals surface area contributed by atoms with E-state index in [4.69, 9.17) is 0 Å². The Balaban J connectivity index is 1.63. The van der Waals surface area contributed by atoms with Gasteiger partial charge in [0.2, 0.25) is 0 Å². The van der Waals surface area contributed by atoms with Gasteiger partial charge < -0.3 is 10.2 Å². The van der Waals surface area contributed by atoms with E-state index in [9.17, 15) is 0 Å². The highest BCUT2D eigenvalue weighted by Gasteiger charge is 2.39. The summed E-state index contributed by atoms with van der Waals surface area (Å²) in [5, 5.41) is 3.57. The molecular formula is C15H30N2. The van der Waals surface area contributed by atoms with Gasteiger partial charge in [0.1, 0.15) is 0 Å². The monoisotopic (exact) mass is 238 g/mol. The van der Waals surface area contributed by atoms with Gasteiger partial charge in [0.05, 0.1) is 0 Å². The number of nitrogens with one attached hydrogen (secondary N) is 1. The van der Waals surface area contributed by atoms with E-state index < -0.39 is 0 Å². The summed E-state index contributed by atoms with van der Waals surface area (Å²) in [7, 11) is 2.29. The summed E-state index contributed by atoms with van der Waals surface area (Å²) in [5.41, 5.74) is 0.257. The topological polar surface area (TPSA) is 15.3 Å². The Morgan fingerprint density at radius 1 is 1.18 bits per heavy atom. The van der Waals surface area contributed by atoms with Crippen molar-refractivity contribution in [2.75, 3.05) is 26.7 Å². The predicted molar refractivity (Wildman–Crippen MR) is 74.2 cm³/mol. The van der Waals surface area contributed by atoms with Crippen molar-refractivity contribution in [2.45, 2.75) is 52.0 Å². The average molecular weight is 238 g/mol. The lowest BCUT2D eigenvalue weighted by Gasteiger charge is -2.28. The molecule has 1 N–H and O–H groups in total. The smallest absolute Gasteiger partial charge is 0.0104 e. The molecule has 2 aliphatic rings. The highest BCUT2D eigenvalue weighted by atomic mass is 15.1. The maximum atomic E-state index is 3.57. The molecule has 0 saturated heterocycles. The Morgan fingerprint density at radius 2 is 1.94 bits per heavy atom. The lowest BCUT2D eigenvalue weighted by molar-refractivity contribution is 0.215. The Hall–Kier alpha value is -0.0800. The molecule has 0 aromatic heterocycles. The number of fused-ring (bicyclic) bond motifs is 2. The second-order valence-corrected chi connectivity index (χ2v) is 7.37. The van der Waals surface area contributed by atoms with Gasteiger partial charge in [-0.1, -0.05) is 6.42 Å². The van der Waals surface area contributed by atoms with E-state index in [1.54, 1.807) is 6.42 Å². The van der Waals surface area contributed by atoms with E-state index in [0.717, 1.165) is 24.3 Å². The van der Waals surface area contributed by atoms with Crippen LogP contribution in [0.3, 0.4) is 0 Å². The van der Waals surface area contributed by atoms with Gasteiger partial charge in [-0.15, -0.1) is 0 Å². The van der Waals surface area contributed by atoms with Crippen LogP contribution in [0.15, 0.2) is 0 Å². The molecule has 2 bridgehead atoms. The molecule has 0 aromatic rings. The molecule has 0 amide bonds. The maximum Gasteiger partial charge on any atom is 0.0104 e. The maximum absolute atomic E-state index is 3.57. The molecule has 17 heavy (non-hydrogen) atoms. The van der Waals surface area contributed by atoms with Crippen LogP contribution in [0.25, 0.3) is 0 Å². The number of rotatable bonds is 5. The zero-order valence-electron chi connectivity index (χ0n) is 12.1. The summed E-state index contributed by atoms with van der Waals surface area (Å²) in [6, 6.07) is 0. The third-order valence-corrected chi connectivity index (χ3v) is 4.58. The fraction of sp³-hybridized carbons (Fsp3) is 1.00. The molecular weight excluding hydrogens is 208 g/mol. The predicted octanol–water partition coefficient (Wildman–Crippen LogP) is 2.74. The van der Waals surface area contributed by atoms with Gasteiger partial charge in [0.25, 0.3) is 0 Å². The Labute approximate surface area is 107 Å². The molecule has 2 fully saturated rings. The van der Waals surface area contributed by atoms with Crippen LogP contribution in [0.1, 0.15) is 46.5 Å². The lowest BCUT2D eigenvalue weighted by atomic mass is 9.88. The first kappa shape index (κ1) is 13.4. The summed E-state index contributed by atoms with van der Waals surface area (Å²) < 4.78 is 0. The molecule has 3 atom stereocenters. The molecule has 100 valence electrons. The van der Waals surface area contributed by atoms with Crippen LogP contribution in [-0.2, 0) is 0 Å². The SMILES string of the molecule is CN(CCNC(C)(C)C)CC1CC2CCC1C2. The van der Waals surface area contributed by atoms with Gasteiger partial charge in [0, 0.05) is 25.2 Å². The average Bonchev–Trinajstić information content (AvgIpc) is 2.76. The zero-order chi connectivity index (χ0) is 12.5. The van der Waals surface area contributed by atoms with Crippen LogP contribution >= 0.6 is 0 Å². The number of likely N-dealkylation sites (N-methyl/N-ethyl adjacent to an activating group) is 1. The summed E-state index contributed by atoms with van der Waals surface area (Å²) in [6.07, 6.45) is 6.10. The summed E-state index contributed by atoms with van der Waals surface area (Å²) in [4.78, 5) is 2.53. The fourth-order valence-electron chi connectivity index (χ4n) is 3.71. The Bertz CT molecular complexity index is 244. The zero-order valence-corrected chi connectivity index (χ0v) is 12.1. The molecule has 2 aliphatic carbocycles. The van der Waals surface area contributed by atoms with Crippen LogP contribution < -0.4 is 5.32 Å².